The van der Waals surface area contributed by atoms with Gasteiger partial charge in [0.1, 0.15) is 0 Å². The molecule has 7 heteroatoms. The molecular formula is C15H20N2O5. The third-order valence-electron chi connectivity index (χ3n) is 3.44. The molecule has 1 amide bonds. The summed E-state index contributed by atoms with van der Waals surface area (Å²) in [6.45, 7) is 6.83. The molecule has 0 spiro atoms. The number of carbonyl (C=O) groups excluding carboxylic acids is 2. The lowest BCUT2D eigenvalue weighted by atomic mass is 10.1. The zero-order valence-corrected chi connectivity index (χ0v) is 13.1. The fraction of sp³-hybridized carbons (Fsp3) is 0.467. The van der Waals surface area contributed by atoms with Gasteiger partial charge in [0, 0.05) is 17.7 Å². The minimum absolute atomic E-state index is 0.0363. The van der Waals surface area contributed by atoms with E-state index in [4.69, 9.17) is 4.74 Å². The second-order valence-electron chi connectivity index (χ2n) is 5.38. The minimum Gasteiger partial charge on any atom is -0.452 e. The number of hydrogen-bond acceptors (Lipinski definition) is 5. The normalized spacial score (nSPS) is 11.9. The van der Waals surface area contributed by atoms with Gasteiger partial charge in [0.05, 0.1) is 10.5 Å². The highest BCUT2D eigenvalue weighted by molar-refractivity contribution is 5.93. The molecule has 0 aliphatic carbocycles. The van der Waals surface area contributed by atoms with E-state index in [2.05, 4.69) is 5.32 Å². The topological polar surface area (TPSA) is 98.5 Å². The molecule has 0 aromatic heterocycles. The van der Waals surface area contributed by atoms with Gasteiger partial charge in [-0.15, -0.1) is 0 Å². The van der Waals surface area contributed by atoms with Crippen molar-refractivity contribution >= 4 is 17.6 Å². The van der Waals surface area contributed by atoms with Gasteiger partial charge in [0.15, 0.2) is 6.61 Å². The number of nitro benzene ring substituents is 1. The largest absolute Gasteiger partial charge is 0.452 e. The van der Waals surface area contributed by atoms with E-state index in [9.17, 15) is 19.7 Å². The van der Waals surface area contributed by atoms with Crippen molar-refractivity contribution in [2.24, 2.45) is 5.92 Å². The van der Waals surface area contributed by atoms with Gasteiger partial charge in [-0.3, -0.25) is 14.9 Å². The van der Waals surface area contributed by atoms with E-state index in [1.807, 2.05) is 20.8 Å². The van der Waals surface area contributed by atoms with Crippen LogP contribution in [0.25, 0.3) is 0 Å². The molecule has 0 heterocycles. The zero-order valence-electron chi connectivity index (χ0n) is 13.1. The predicted molar refractivity (Wildman–Crippen MR) is 80.6 cm³/mol. The summed E-state index contributed by atoms with van der Waals surface area (Å²) in [6, 6.07) is 4.11. The number of carbonyl (C=O) groups is 2. The molecule has 1 aromatic rings. The van der Waals surface area contributed by atoms with Crippen LogP contribution in [0.15, 0.2) is 18.2 Å². The molecule has 0 aliphatic rings. The summed E-state index contributed by atoms with van der Waals surface area (Å²) in [6.07, 6.45) is 0. The maximum Gasteiger partial charge on any atom is 0.339 e. The fourth-order valence-electron chi connectivity index (χ4n) is 1.71. The smallest absolute Gasteiger partial charge is 0.339 e. The lowest BCUT2D eigenvalue weighted by molar-refractivity contribution is -0.385. The predicted octanol–water partition coefficient (Wildman–Crippen LogP) is 2.22. The average Bonchev–Trinajstić information content (AvgIpc) is 2.44. The summed E-state index contributed by atoms with van der Waals surface area (Å²) in [5.74, 6) is -0.898. The summed E-state index contributed by atoms with van der Waals surface area (Å²) in [5.41, 5.74) is 0.139. The van der Waals surface area contributed by atoms with Crippen molar-refractivity contribution in [2.75, 3.05) is 6.61 Å². The first-order valence-electron chi connectivity index (χ1n) is 6.94. The first-order chi connectivity index (χ1) is 10.2. The van der Waals surface area contributed by atoms with E-state index in [0.29, 0.717) is 0 Å². The third-order valence-corrected chi connectivity index (χ3v) is 3.44. The molecule has 22 heavy (non-hydrogen) atoms. The number of hydrogen-bond donors (Lipinski definition) is 1. The molecular weight excluding hydrogens is 288 g/mol. The Morgan fingerprint density at radius 2 is 1.95 bits per heavy atom. The maximum atomic E-state index is 11.9. The van der Waals surface area contributed by atoms with E-state index in [1.54, 1.807) is 0 Å². The molecule has 0 unspecified atom stereocenters. The van der Waals surface area contributed by atoms with Crippen LogP contribution in [0, 0.1) is 23.0 Å². The number of nitrogens with zero attached hydrogens (tertiary/aromatic N) is 1. The van der Waals surface area contributed by atoms with Crippen molar-refractivity contribution in [3.63, 3.8) is 0 Å². The summed E-state index contributed by atoms with van der Waals surface area (Å²) < 4.78 is 4.91. The zero-order chi connectivity index (χ0) is 16.9. The number of benzene rings is 1. The van der Waals surface area contributed by atoms with Crippen LogP contribution in [0.3, 0.4) is 0 Å². The standard InChI is InChI=1S/C15H20N2O5/c1-9(2)11(4)16-14(18)8-22-15(19)12-6-5-7-13(10(12)3)17(20)21/h5-7,9,11H,8H2,1-4H3,(H,16,18)/t11-/m1/s1. The van der Waals surface area contributed by atoms with Gasteiger partial charge in [-0.1, -0.05) is 19.9 Å². The Kier molecular flexibility index (Phi) is 6.03. The van der Waals surface area contributed by atoms with Gasteiger partial charge in [0.2, 0.25) is 0 Å². The lowest BCUT2D eigenvalue weighted by Crippen LogP contribution is -2.38. The summed E-state index contributed by atoms with van der Waals surface area (Å²) in [7, 11) is 0. The molecule has 0 saturated heterocycles. The second kappa shape index (κ2) is 7.53. The van der Waals surface area contributed by atoms with Crippen LogP contribution in [0.5, 0.6) is 0 Å². The van der Waals surface area contributed by atoms with E-state index in [-0.39, 0.29) is 28.8 Å². The van der Waals surface area contributed by atoms with Crippen molar-refractivity contribution in [1.29, 1.82) is 0 Å². The monoisotopic (exact) mass is 308 g/mol. The van der Waals surface area contributed by atoms with Gasteiger partial charge in [-0.2, -0.15) is 0 Å². The number of rotatable bonds is 6. The Balaban J connectivity index is 2.69. The third kappa shape index (κ3) is 4.54. The molecule has 1 atom stereocenters. The summed E-state index contributed by atoms with van der Waals surface area (Å²) in [4.78, 5) is 33.9. The Labute approximate surface area is 128 Å². The molecule has 0 bridgehead atoms. The summed E-state index contributed by atoms with van der Waals surface area (Å²) >= 11 is 0. The maximum absolute atomic E-state index is 11.9. The van der Waals surface area contributed by atoms with Crippen molar-refractivity contribution in [3.8, 4) is 0 Å². The van der Waals surface area contributed by atoms with E-state index in [0.717, 1.165) is 0 Å². The summed E-state index contributed by atoms with van der Waals surface area (Å²) in [5, 5.41) is 13.5. The van der Waals surface area contributed by atoms with Crippen LogP contribution in [-0.2, 0) is 9.53 Å². The number of amides is 1. The first kappa shape index (κ1) is 17.6. The average molecular weight is 308 g/mol. The van der Waals surface area contributed by atoms with Gasteiger partial charge in [-0.05, 0) is 25.8 Å². The molecule has 1 aromatic carbocycles. The molecule has 1 rings (SSSR count). The van der Waals surface area contributed by atoms with Crippen molar-refractivity contribution in [2.45, 2.75) is 33.7 Å². The number of ether oxygens (including phenoxy) is 1. The van der Waals surface area contributed by atoms with Gasteiger partial charge in [-0.25, -0.2) is 4.79 Å². The highest BCUT2D eigenvalue weighted by Crippen LogP contribution is 2.21. The van der Waals surface area contributed by atoms with Crippen LogP contribution in [0.1, 0.15) is 36.7 Å². The Morgan fingerprint density at radius 3 is 2.50 bits per heavy atom. The Bertz CT molecular complexity index is 583. The Morgan fingerprint density at radius 1 is 1.32 bits per heavy atom. The number of nitrogens with one attached hydrogen (secondary N) is 1. The van der Waals surface area contributed by atoms with Gasteiger partial charge in [0.25, 0.3) is 11.6 Å². The van der Waals surface area contributed by atoms with Crippen LogP contribution in [0.2, 0.25) is 0 Å². The molecule has 0 aliphatic heterocycles. The van der Waals surface area contributed by atoms with Crippen molar-refractivity contribution in [3.05, 3.63) is 39.4 Å². The molecule has 0 radical (unpaired) electrons. The van der Waals surface area contributed by atoms with Crippen LogP contribution in [-0.4, -0.2) is 29.4 Å². The van der Waals surface area contributed by atoms with Crippen molar-refractivity contribution < 1.29 is 19.2 Å². The lowest BCUT2D eigenvalue weighted by Gasteiger charge is -2.17. The van der Waals surface area contributed by atoms with E-state index < -0.39 is 23.4 Å². The van der Waals surface area contributed by atoms with Gasteiger partial charge < -0.3 is 10.1 Å². The van der Waals surface area contributed by atoms with Crippen molar-refractivity contribution in [1.82, 2.24) is 5.32 Å². The molecule has 120 valence electrons. The first-order valence-corrected chi connectivity index (χ1v) is 6.94. The molecule has 1 N–H and O–H groups in total. The van der Waals surface area contributed by atoms with Gasteiger partial charge >= 0.3 is 5.97 Å². The van der Waals surface area contributed by atoms with E-state index >= 15 is 0 Å². The number of esters is 1. The second-order valence-corrected chi connectivity index (χ2v) is 5.38. The SMILES string of the molecule is Cc1c(C(=O)OCC(=O)N[C@H](C)C(C)C)cccc1[N+](=O)[O-]. The quantitative estimate of drug-likeness (QED) is 0.493. The molecule has 7 nitrogen and oxygen atoms in total. The minimum atomic E-state index is -0.756. The number of nitro groups is 1. The Hall–Kier alpha value is -2.44. The van der Waals surface area contributed by atoms with Crippen LogP contribution in [0.4, 0.5) is 5.69 Å². The van der Waals surface area contributed by atoms with Crippen LogP contribution < -0.4 is 5.32 Å². The molecule has 0 fully saturated rings. The fourth-order valence-corrected chi connectivity index (χ4v) is 1.71. The highest BCUT2D eigenvalue weighted by Gasteiger charge is 2.20. The molecule has 0 saturated carbocycles. The van der Waals surface area contributed by atoms with E-state index in [1.165, 1.54) is 25.1 Å². The van der Waals surface area contributed by atoms with Crippen LogP contribution >= 0.6 is 0 Å². The highest BCUT2D eigenvalue weighted by atomic mass is 16.6.